The minimum atomic E-state index is 0.260. The smallest absolute Gasteiger partial charge is 0.226 e. The van der Waals surface area contributed by atoms with Gasteiger partial charge in [0.05, 0.1) is 6.42 Å². The Morgan fingerprint density at radius 1 is 1.28 bits per heavy atom. The van der Waals surface area contributed by atoms with Gasteiger partial charge in [0.25, 0.3) is 0 Å². The van der Waals surface area contributed by atoms with E-state index in [1.165, 1.54) is 5.57 Å². The zero-order valence-corrected chi connectivity index (χ0v) is 11.9. The van der Waals surface area contributed by atoms with Crippen molar-refractivity contribution in [1.29, 1.82) is 0 Å². The highest BCUT2D eigenvalue weighted by Crippen LogP contribution is 2.15. The second-order valence-corrected chi connectivity index (χ2v) is 4.86. The van der Waals surface area contributed by atoms with Crippen molar-refractivity contribution in [2.24, 2.45) is 0 Å². The fourth-order valence-electron chi connectivity index (χ4n) is 2.18. The van der Waals surface area contributed by atoms with Crippen LogP contribution in [0, 0.1) is 0 Å². The van der Waals surface area contributed by atoms with Crippen LogP contribution in [0.4, 0.5) is 0 Å². The van der Waals surface area contributed by atoms with Crippen LogP contribution in [0.5, 0.6) is 0 Å². The van der Waals surface area contributed by atoms with Crippen molar-refractivity contribution in [2.75, 3.05) is 13.1 Å². The number of amides is 1. The summed E-state index contributed by atoms with van der Waals surface area (Å²) in [5.41, 5.74) is 2.38. The second-order valence-electron chi connectivity index (χ2n) is 4.86. The Morgan fingerprint density at radius 3 is 2.56 bits per heavy atom. The molecule has 1 rings (SSSR count). The molecule has 0 radical (unpaired) electrons. The quantitative estimate of drug-likeness (QED) is 0.698. The molecule has 0 bridgehead atoms. The third-order valence-electron chi connectivity index (χ3n) is 3.01. The third-order valence-corrected chi connectivity index (χ3v) is 3.01. The van der Waals surface area contributed by atoms with Crippen molar-refractivity contribution in [1.82, 2.24) is 4.90 Å². The molecule has 1 aliphatic rings. The molecule has 18 heavy (non-hydrogen) atoms. The van der Waals surface area contributed by atoms with Crippen molar-refractivity contribution >= 4 is 5.91 Å². The summed E-state index contributed by atoms with van der Waals surface area (Å²) in [6.07, 6.45) is 12.1. The van der Waals surface area contributed by atoms with E-state index in [4.69, 9.17) is 0 Å². The van der Waals surface area contributed by atoms with Gasteiger partial charge in [-0.1, -0.05) is 43.7 Å². The molecule has 0 saturated heterocycles. The van der Waals surface area contributed by atoms with Gasteiger partial charge in [-0.25, -0.2) is 0 Å². The molecule has 100 valence electrons. The van der Waals surface area contributed by atoms with E-state index in [1.54, 1.807) is 0 Å². The lowest BCUT2D eigenvalue weighted by Crippen LogP contribution is -2.32. The molecule has 0 heterocycles. The zero-order valence-electron chi connectivity index (χ0n) is 11.9. The summed E-state index contributed by atoms with van der Waals surface area (Å²) in [6.45, 7) is 8.07. The largest absolute Gasteiger partial charge is 0.342 e. The minimum Gasteiger partial charge on any atom is -0.342 e. The first-order valence-electron chi connectivity index (χ1n) is 6.99. The molecule has 2 nitrogen and oxygen atoms in total. The lowest BCUT2D eigenvalue weighted by molar-refractivity contribution is -0.130. The summed E-state index contributed by atoms with van der Waals surface area (Å²) in [6, 6.07) is 0. The SMILES string of the molecule is CCCN(CCC)C(=O)CC1=CCC=CC(C)=C1. The van der Waals surface area contributed by atoms with Crippen LogP contribution in [-0.2, 0) is 4.79 Å². The standard InChI is InChI=1S/C16H25NO/c1-4-10-17(11-5-2)16(18)13-15-9-7-6-8-14(3)12-15/h6,8-9,12H,4-5,7,10-11,13H2,1-3H3. The molecule has 0 aromatic carbocycles. The van der Waals surface area contributed by atoms with Crippen molar-refractivity contribution in [2.45, 2.75) is 46.5 Å². The number of hydrogen-bond donors (Lipinski definition) is 0. The predicted octanol–water partition coefficient (Wildman–Crippen LogP) is 3.86. The molecule has 0 fully saturated rings. The van der Waals surface area contributed by atoms with E-state index in [2.05, 4.69) is 45.1 Å². The Morgan fingerprint density at radius 2 is 1.94 bits per heavy atom. The Hall–Kier alpha value is -1.31. The number of allylic oxidation sites excluding steroid dienone is 5. The molecule has 0 saturated carbocycles. The third kappa shape index (κ3) is 4.91. The van der Waals surface area contributed by atoms with E-state index < -0.39 is 0 Å². The molecule has 0 N–H and O–H groups in total. The maximum atomic E-state index is 12.2. The van der Waals surface area contributed by atoms with Crippen molar-refractivity contribution < 1.29 is 4.79 Å². The molecule has 1 aliphatic carbocycles. The van der Waals surface area contributed by atoms with Crippen LogP contribution in [0.15, 0.2) is 35.5 Å². The van der Waals surface area contributed by atoms with Crippen LogP contribution in [-0.4, -0.2) is 23.9 Å². The average Bonchev–Trinajstić information content (AvgIpc) is 2.53. The zero-order chi connectivity index (χ0) is 13.4. The summed E-state index contributed by atoms with van der Waals surface area (Å²) < 4.78 is 0. The van der Waals surface area contributed by atoms with Crippen LogP contribution < -0.4 is 0 Å². The Labute approximate surface area is 111 Å². The van der Waals surface area contributed by atoms with E-state index in [-0.39, 0.29) is 5.91 Å². The first-order chi connectivity index (χ1) is 8.67. The van der Waals surface area contributed by atoms with Gasteiger partial charge in [-0.3, -0.25) is 4.79 Å². The molecule has 0 aliphatic heterocycles. The van der Waals surface area contributed by atoms with Gasteiger partial charge in [-0.15, -0.1) is 0 Å². The van der Waals surface area contributed by atoms with E-state index in [0.29, 0.717) is 6.42 Å². The summed E-state index contributed by atoms with van der Waals surface area (Å²) in [7, 11) is 0. The number of rotatable bonds is 6. The summed E-state index contributed by atoms with van der Waals surface area (Å²) >= 11 is 0. The van der Waals surface area contributed by atoms with Crippen molar-refractivity contribution in [3.63, 3.8) is 0 Å². The van der Waals surface area contributed by atoms with Gasteiger partial charge < -0.3 is 4.90 Å². The lowest BCUT2D eigenvalue weighted by atomic mass is 10.1. The fraction of sp³-hybridized carbons (Fsp3) is 0.562. The normalized spacial score (nSPS) is 14.8. The predicted molar refractivity (Wildman–Crippen MR) is 77.4 cm³/mol. The maximum Gasteiger partial charge on any atom is 0.226 e. The van der Waals surface area contributed by atoms with Crippen LogP contribution in [0.3, 0.4) is 0 Å². The van der Waals surface area contributed by atoms with Gasteiger partial charge in [0.2, 0.25) is 5.91 Å². The second kappa shape index (κ2) is 7.91. The van der Waals surface area contributed by atoms with E-state index >= 15 is 0 Å². The van der Waals surface area contributed by atoms with E-state index in [9.17, 15) is 4.79 Å². The van der Waals surface area contributed by atoms with Crippen LogP contribution in [0.25, 0.3) is 0 Å². The molecular formula is C16H25NO. The Bertz CT molecular complexity index is 357. The van der Waals surface area contributed by atoms with E-state index in [0.717, 1.165) is 37.9 Å². The van der Waals surface area contributed by atoms with Crippen molar-refractivity contribution in [3.05, 3.63) is 35.5 Å². The molecule has 0 aromatic heterocycles. The maximum absolute atomic E-state index is 12.2. The first-order valence-corrected chi connectivity index (χ1v) is 6.99. The number of hydrogen-bond acceptors (Lipinski definition) is 1. The number of nitrogens with zero attached hydrogens (tertiary/aromatic N) is 1. The van der Waals surface area contributed by atoms with Crippen LogP contribution >= 0.6 is 0 Å². The Kier molecular flexibility index (Phi) is 6.48. The summed E-state index contributed by atoms with van der Waals surface area (Å²) in [4.78, 5) is 14.2. The molecular weight excluding hydrogens is 222 g/mol. The summed E-state index contributed by atoms with van der Waals surface area (Å²) in [5.74, 6) is 0.260. The molecule has 0 spiro atoms. The number of carbonyl (C=O) groups is 1. The van der Waals surface area contributed by atoms with Crippen molar-refractivity contribution in [3.8, 4) is 0 Å². The minimum absolute atomic E-state index is 0.260. The van der Waals surface area contributed by atoms with E-state index in [1.807, 2.05) is 4.90 Å². The lowest BCUT2D eigenvalue weighted by Gasteiger charge is -2.21. The average molecular weight is 247 g/mol. The van der Waals surface area contributed by atoms with Gasteiger partial charge in [-0.05, 0) is 31.8 Å². The van der Waals surface area contributed by atoms with Gasteiger partial charge >= 0.3 is 0 Å². The Balaban J connectivity index is 2.62. The van der Waals surface area contributed by atoms with Gasteiger partial charge in [0.15, 0.2) is 0 Å². The fourth-order valence-corrected chi connectivity index (χ4v) is 2.18. The molecule has 0 atom stereocenters. The highest BCUT2D eigenvalue weighted by Gasteiger charge is 2.13. The highest BCUT2D eigenvalue weighted by atomic mass is 16.2. The van der Waals surface area contributed by atoms with Gasteiger partial charge in [0.1, 0.15) is 0 Å². The highest BCUT2D eigenvalue weighted by molar-refractivity contribution is 5.79. The molecule has 0 unspecified atom stereocenters. The molecule has 2 heteroatoms. The van der Waals surface area contributed by atoms with Gasteiger partial charge in [0, 0.05) is 13.1 Å². The summed E-state index contributed by atoms with van der Waals surface area (Å²) in [5, 5.41) is 0. The van der Waals surface area contributed by atoms with Crippen LogP contribution in [0.1, 0.15) is 46.5 Å². The molecule has 0 aromatic rings. The monoisotopic (exact) mass is 247 g/mol. The topological polar surface area (TPSA) is 20.3 Å². The van der Waals surface area contributed by atoms with Crippen LogP contribution in [0.2, 0.25) is 0 Å². The number of carbonyl (C=O) groups excluding carboxylic acids is 1. The first kappa shape index (κ1) is 14.7. The molecule has 1 amide bonds. The van der Waals surface area contributed by atoms with Gasteiger partial charge in [-0.2, -0.15) is 0 Å².